The Morgan fingerprint density at radius 2 is 1.85 bits per heavy atom. The maximum absolute atomic E-state index is 14.5. The van der Waals surface area contributed by atoms with E-state index in [-0.39, 0.29) is 17.0 Å². The van der Waals surface area contributed by atoms with Crippen LogP contribution >= 0.6 is 0 Å². The SMILES string of the molecule is Cc1cc(NC(=O)c2cnc(F)c(C#Cc3cnc4ccc(CC(C)C)nn34)c2)ccc1CN1CCN(C)CC1. The lowest BCUT2D eigenvalue weighted by Crippen LogP contribution is -2.43. The fraction of sp³-hybridized carbons (Fsp3) is 0.355. The van der Waals surface area contributed by atoms with E-state index in [1.54, 1.807) is 10.7 Å². The van der Waals surface area contributed by atoms with E-state index in [0.29, 0.717) is 22.9 Å². The summed E-state index contributed by atoms with van der Waals surface area (Å²) >= 11 is 0. The highest BCUT2D eigenvalue weighted by Crippen LogP contribution is 2.19. The average Bonchev–Trinajstić information content (AvgIpc) is 3.32. The molecule has 1 aliphatic heterocycles. The highest BCUT2D eigenvalue weighted by molar-refractivity contribution is 6.04. The summed E-state index contributed by atoms with van der Waals surface area (Å²) < 4.78 is 16.2. The Morgan fingerprint density at radius 3 is 2.60 bits per heavy atom. The van der Waals surface area contributed by atoms with Gasteiger partial charge in [0.05, 0.1) is 23.0 Å². The first kappa shape index (κ1) is 27.4. The van der Waals surface area contributed by atoms with Gasteiger partial charge in [-0.25, -0.2) is 14.5 Å². The van der Waals surface area contributed by atoms with Crippen molar-refractivity contribution in [2.45, 2.75) is 33.7 Å². The Kier molecular flexibility index (Phi) is 8.19. The Balaban J connectivity index is 1.30. The van der Waals surface area contributed by atoms with E-state index in [1.807, 2.05) is 24.3 Å². The molecule has 1 aromatic carbocycles. The molecular weight excluding hydrogens is 505 g/mol. The van der Waals surface area contributed by atoms with Crippen molar-refractivity contribution in [3.63, 3.8) is 0 Å². The fourth-order valence-corrected chi connectivity index (χ4v) is 4.72. The third-order valence-electron chi connectivity index (χ3n) is 7.05. The van der Waals surface area contributed by atoms with Gasteiger partial charge in [-0.1, -0.05) is 25.8 Å². The number of pyridine rings is 1. The molecule has 0 aliphatic carbocycles. The van der Waals surface area contributed by atoms with E-state index in [4.69, 9.17) is 0 Å². The van der Waals surface area contributed by atoms with Crippen LogP contribution in [0.4, 0.5) is 10.1 Å². The molecule has 1 saturated heterocycles. The topological polar surface area (TPSA) is 78.7 Å². The van der Waals surface area contributed by atoms with Gasteiger partial charge in [-0.15, -0.1) is 0 Å². The largest absolute Gasteiger partial charge is 0.322 e. The second-order valence-corrected chi connectivity index (χ2v) is 10.8. The summed E-state index contributed by atoms with van der Waals surface area (Å²) in [6.45, 7) is 11.4. The summed E-state index contributed by atoms with van der Waals surface area (Å²) in [5.74, 6) is 5.09. The number of piperazine rings is 1. The first-order valence-electron chi connectivity index (χ1n) is 13.6. The summed E-state index contributed by atoms with van der Waals surface area (Å²) in [4.78, 5) is 25.9. The van der Waals surface area contributed by atoms with Gasteiger partial charge in [0.1, 0.15) is 5.69 Å². The summed E-state index contributed by atoms with van der Waals surface area (Å²) in [6.07, 6.45) is 3.65. The molecule has 0 unspecified atom stereocenters. The molecule has 0 saturated carbocycles. The number of nitrogens with zero attached hydrogens (tertiary/aromatic N) is 6. The molecule has 0 atom stereocenters. The zero-order valence-electron chi connectivity index (χ0n) is 23.4. The van der Waals surface area contributed by atoms with E-state index in [0.717, 1.165) is 50.4 Å². The molecule has 0 spiro atoms. The lowest BCUT2D eigenvalue weighted by Gasteiger charge is -2.32. The molecule has 8 nitrogen and oxygen atoms in total. The first-order chi connectivity index (χ1) is 19.2. The molecule has 1 aliphatic rings. The third kappa shape index (κ3) is 6.53. The molecular formula is C31H34FN7O. The number of hydrogen-bond acceptors (Lipinski definition) is 6. The van der Waals surface area contributed by atoms with E-state index in [1.165, 1.54) is 17.8 Å². The quantitative estimate of drug-likeness (QED) is 0.293. The number of carbonyl (C=O) groups is 1. The van der Waals surface area contributed by atoms with Crippen LogP contribution in [0.2, 0.25) is 0 Å². The van der Waals surface area contributed by atoms with Gasteiger partial charge in [0, 0.05) is 44.6 Å². The van der Waals surface area contributed by atoms with Crippen LogP contribution in [0.3, 0.4) is 0 Å². The molecule has 4 aromatic rings. The number of fused-ring (bicyclic) bond motifs is 1. The van der Waals surface area contributed by atoms with E-state index >= 15 is 0 Å². The minimum absolute atomic E-state index is 0.0274. The molecule has 3 aromatic heterocycles. The number of likely N-dealkylation sites (N-methyl/N-ethyl adjacent to an activating group) is 1. The number of hydrogen-bond donors (Lipinski definition) is 1. The van der Waals surface area contributed by atoms with Gasteiger partial charge >= 0.3 is 0 Å². The summed E-state index contributed by atoms with van der Waals surface area (Å²) in [6, 6.07) is 11.2. The van der Waals surface area contributed by atoms with Crippen LogP contribution in [0.25, 0.3) is 5.65 Å². The standard InChI is InChI=1S/C31H34FN7O/c1-21(2)15-27-8-10-29-33-19-28(39(29)36-27)9-6-23-17-25(18-34-30(23)32)31(40)35-26-7-5-24(22(3)16-26)20-38-13-11-37(4)12-14-38/h5,7-8,10,16-19,21H,11-15,20H2,1-4H3,(H,35,40). The van der Waals surface area contributed by atoms with Crippen LogP contribution in [0.1, 0.15) is 52.3 Å². The maximum atomic E-state index is 14.5. The van der Waals surface area contributed by atoms with Crippen molar-refractivity contribution in [2.75, 3.05) is 38.5 Å². The van der Waals surface area contributed by atoms with Gasteiger partial charge in [0.2, 0.25) is 5.95 Å². The summed E-state index contributed by atoms with van der Waals surface area (Å²) in [5, 5.41) is 7.53. The normalized spacial score (nSPS) is 14.3. The number of carbonyl (C=O) groups excluding carboxylic acids is 1. The molecule has 4 heterocycles. The lowest BCUT2D eigenvalue weighted by atomic mass is 10.1. The van der Waals surface area contributed by atoms with E-state index in [9.17, 15) is 9.18 Å². The molecule has 1 N–H and O–H groups in total. The number of anilines is 1. The van der Waals surface area contributed by atoms with Gasteiger partial charge in [-0.05, 0) is 73.7 Å². The smallest absolute Gasteiger partial charge is 0.257 e. The van der Waals surface area contributed by atoms with Crippen LogP contribution < -0.4 is 5.32 Å². The van der Waals surface area contributed by atoms with Crippen molar-refractivity contribution < 1.29 is 9.18 Å². The van der Waals surface area contributed by atoms with Crippen molar-refractivity contribution in [1.29, 1.82) is 0 Å². The van der Waals surface area contributed by atoms with Crippen molar-refractivity contribution in [1.82, 2.24) is 29.4 Å². The van der Waals surface area contributed by atoms with Gasteiger partial charge in [0.15, 0.2) is 5.65 Å². The second-order valence-electron chi connectivity index (χ2n) is 10.8. The second kappa shape index (κ2) is 11.9. The maximum Gasteiger partial charge on any atom is 0.257 e. The van der Waals surface area contributed by atoms with Crippen molar-refractivity contribution in [2.24, 2.45) is 5.92 Å². The zero-order chi connectivity index (χ0) is 28.2. The molecule has 206 valence electrons. The summed E-state index contributed by atoms with van der Waals surface area (Å²) in [5.41, 5.74) is 5.39. The number of halogens is 1. The highest BCUT2D eigenvalue weighted by Gasteiger charge is 2.16. The Hall–Kier alpha value is -4.13. The minimum atomic E-state index is -0.740. The summed E-state index contributed by atoms with van der Waals surface area (Å²) in [7, 11) is 2.15. The Labute approximate surface area is 234 Å². The fourth-order valence-electron chi connectivity index (χ4n) is 4.72. The van der Waals surface area contributed by atoms with Gasteiger partial charge < -0.3 is 10.2 Å². The number of aromatic nitrogens is 4. The third-order valence-corrected chi connectivity index (χ3v) is 7.05. The Morgan fingerprint density at radius 1 is 1.05 bits per heavy atom. The van der Waals surface area contributed by atoms with Gasteiger partial charge in [-0.3, -0.25) is 9.69 Å². The predicted molar refractivity (Wildman–Crippen MR) is 154 cm³/mol. The molecule has 9 heteroatoms. The number of rotatable bonds is 6. The molecule has 0 bridgehead atoms. The molecule has 0 radical (unpaired) electrons. The van der Waals surface area contributed by atoms with E-state index < -0.39 is 5.95 Å². The molecule has 1 amide bonds. The van der Waals surface area contributed by atoms with Crippen LogP contribution in [-0.4, -0.2) is 68.5 Å². The number of nitrogens with one attached hydrogen (secondary N) is 1. The molecule has 1 fully saturated rings. The number of amides is 1. The Bertz CT molecular complexity index is 1590. The number of imidazole rings is 1. The van der Waals surface area contributed by atoms with Crippen LogP contribution in [0.15, 0.2) is 48.8 Å². The monoisotopic (exact) mass is 539 g/mol. The van der Waals surface area contributed by atoms with Gasteiger partial charge in [-0.2, -0.15) is 9.49 Å². The predicted octanol–water partition coefficient (Wildman–Crippen LogP) is 4.17. The zero-order valence-corrected chi connectivity index (χ0v) is 23.4. The number of aryl methyl sites for hydroxylation is 1. The molecule has 40 heavy (non-hydrogen) atoms. The first-order valence-corrected chi connectivity index (χ1v) is 13.6. The highest BCUT2D eigenvalue weighted by atomic mass is 19.1. The molecule has 5 rings (SSSR count). The van der Waals surface area contributed by atoms with Crippen molar-refractivity contribution in [3.8, 4) is 11.8 Å². The average molecular weight is 540 g/mol. The minimum Gasteiger partial charge on any atom is -0.322 e. The van der Waals surface area contributed by atoms with Gasteiger partial charge in [0.25, 0.3) is 5.91 Å². The van der Waals surface area contributed by atoms with Crippen LogP contribution in [0, 0.1) is 30.6 Å². The lowest BCUT2D eigenvalue weighted by molar-refractivity contribution is 0.102. The van der Waals surface area contributed by atoms with Crippen LogP contribution in [0.5, 0.6) is 0 Å². The van der Waals surface area contributed by atoms with E-state index in [2.05, 4.69) is 75.9 Å². The van der Waals surface area contributed by atoms with Crippen molar-refractivity contribution >= 4 is 17.2 Å². The number of benzene rings is 1. The van der Waals surface area contributed by atoms with Crippen molar-refractivity contribution in [3.05, 3.63) is 88.4 Å². The van der Waals surface area contributed by atoms with Crippen LogP contribution in [-0.2, 0) is 13.0 Å².